The van der Waals surface area contributed by atoms with Crippen LogP contribution in [-0.4, -0.2) is 17.9 Å². The number of unbranched alkanes of at least 4 members (excludes halogenated alkanes) is 2. The average Bonchev–Trinajstić information content (AvgIpc) is 3.64. The molecule has 3 nitrogen and oxygen atoms in total. The molecule has 1 heterocycles. The standard InChI is InChI=1S/C35H22BF15N2O/c1-2-15-7-9-16(10-8-15)14-54-13-5-3-4-6-17-52-11-12-53(17)36(18-21(37)27(43)33(49)28(44)22(18)38,19-23(39)29(45)34(50)30(46)24(19)40)20-25(41)31(47)35(51)32(48)26(20)42/h2,7-12,52H,1,3-6,13-14H2. The maximum Gasteiger partial charge on any atom is 0.288 e. The maximum atomic E-state index is 15.9. The minimum Gasteiger partial charge on any atom is -0.419 e. The van der Waals surface area contributed by atoms with Crippen LogP contribution in [0.1, 0.15) is 36.2 Å². The van der Waals surface area contributed by atoms with Crippen molar-refractivity contribution >= 4 is 28.7 Å². The Labute approximate surface area is 295 Å². The van der Waals surface area contributed by atoms with E-state index in [1.807, 2.05) is 0 Å². The first-order valence-corrected chi connectivity index (χ1v) is 15.6. The molecule has 4 aromatic carbocycles. The van der Waals surface area contributed by atoms with E-state index < -0.39 is 122 Å². The fourth-order valence-electron chi connectivity index (χ4n) is 6.37. The molecular weight excluding hydrogens is 760 g/mol. The van der Waals surface area contributed by atoms with Crippen molar-refractivity contribution in [1.82, 2.24) is 4.98 Å². The van der Waals surface area contributed by atoms with Crippen LogP contribution < -0.4 is 20.9 Å². The van der Waals surface area contributed by atoms with Gasteiger partial charge in [0.05, 0.1) is 12.8 Å². The van der Waals surface area contributed by atoms with E-state index in [1.165, 1.54) is 0 Å². The Kier molecular flexibility index (Phi) is 11.6. The lowest BCUT2D eigenvalue weighted by Gasteiger charge is -2.41. The number of hydrogen-bond donors (Lipinski definition) is 1. The zero-order valence-corrected chi connectivity index (χ0v) is 27.1. The first kappa shape index (κ1) is 40.0. The number of nitrogens with one attached hydrogen (secondary N) is 1. The molecule has 0 saturated carbocycles. The Hall–Kier alpha value is -5.20. The zero-order valence-electron chi connectivity index (χ0n) is 27.1. The molecule has 0 unspecified atom stereocenters. The molecule has 0 spiro atoms. The monoisotopic (exact) mass is 782 g/mol. The summed E-state index contributed by atoms with van der Waals surface area (Å²) in [5.41, 5.74) is -6.48. The highest BCUT2D eigenvalue weighted by atomic mass is 19.2. The van der Waals surface area contributed by atoms with Crippen molar-refractivity contribution in [3.63, 3.8) is 0 Å². The van der Waals surface area contributed by atoms with Crippen LogP contribution in [0, 0.1) is 87.3 Å². The lowest BCUT2D eigenvalue weighted by atomic mass is 9.23. The van der Waals surface area contributed by atoms with Gasteiger partial charge in [-0.2, -0.15) is 0 Å². The number of aromatic amines is 1. The van der Waals surface area contributed by atoms with Crippen molar-refractivity contribution in [1.29, 1.82) is 0 Å². The van der Waals surface area contributed by atoms with Gasteiger partial charge in [0.1, 0.15) is 41.1 Å². The van der Waals surface area contributed by atoms with E-state index in [0.717, 1.165) is 11.1 Å². The molecule has 0 radical (unpaired) electrons. The summed E-state index contributed by atoms with van der Waals surface area (Å²) in [4.78, 5) is 2.31. The van der Waals surface area contributed by atoms with Gasteiger partial charge in [-0.1, -0.05) is 59.7 Å². The number of rotatable bonds is 13. The summed E-state index contributed by atoms with van der Waals surface area (Å²) in [5.74, 6) is -46.5. The molecule has 19 heteroatoms. The molecule has 5 rings (SSSR count). The van der Waals surface area contributed by atoms with Crippen molar-refractivity contribution in [3.8, 4) is 0 Å². The summed E-state index contributed by atoms with van der Waals surface area (Å²) in [6.07, 6.45) is -3.50. The normalized spacial score (nSPS) is 11.8. The van der Waals surface area contributed by atoms with Crippen LogP contribution in [0.2, 0.25) is 0 Å². The quantitative estimate of drug-likeness (QED) is 0.0434. The molecule has 0 amide bonds. The van der Waals surface area contributed by atoms with Crippen LogP contribution in [0.5, 0.6) is 0 Å². The molecule has 0 aliphatic rings. The molecule has 0 atom stereocenters. The molecule has 0 aliphatic carbocycles. The van der Waals surface area contributed by atoms with Gasteiger partial charge in [-0.3, -0.25) is 4.98 Å². The summed E-state index contributed by atoms with van der Waals surface area (Å²) in [6, 6.07) is 7.11. The Bertz CT molecular complexity index is 2000. The summed E-state index contributed by atoms with van der Waals surface area (Å²) < 4.78 is 233. The molecular formula is C35H22BF15N2O. The molecule has 0 aliphatic heterocycles. The topological polar surface area (TPSA) is 28.9 Å². The Balaban J connectivity index is 1.74. The molecule has 0 fully saturated rings. The van der Waals surface area contributed by atoms with Crippen LogP contribution >= 0.6 is 0 Å². The van der Waals surface area contributed by atoms with Crippen molar-refractivity contribution in [2.75, 3.05) is 6.61 Å². The van der Waals surface area contributed by atoms with E-state index >= 15 is 26.3 Å². The average molecular weight is 782 g/mol. The highest BCUT2D eigenvalue weighted by Gasteiger charge is 2.54. The van der Waals surface area contributed by atoms with Gasteiger partial charge in [0, 0.05) is 13.0 Å². The predicted molar refractivity (Wildman–Crippen MR) is 163 cm³/mol. The first-order valence-electron chi connectivity index (χ1n) is 15.6. The second-order valence-electron chi connectivity index (χ2n) is 11.9. The third-order valence-corrected chi connectivity index (χ3v) is 8.89. The number of imidazole rings is 1. The van der Waals surface area contributed by atoms with Crippen molar-refractivity contribution in [2.24, 2.45) is 0 Å². The second kappa shape index (κ2) is 15.6. The SMILES string of the molecule is C=Cc1ccc(COCCCCCc2[nH]cc[n+]2[B-](c2c(F)c(F)c(F)c(F)c2F)(c2c(F)c(F)c(F)c(F)c2F)c2c(F)c(F)c(F)c(F)c2F)cc1. The second-order valence-corrected chi connectivity index (χ2v) is 11.9. The predicted octanol–water partition coefficient (Wildman–Crippen LogP) is 7.48. The van der Waals surface area contributed by atoms with Crippen LogP contribution in [0.4, 0.5) is 65.9 Å². The summed E-state index contributed by atoms with van der Waals surface area (Å²) in [6.45, 7) is 3.92. The van der Waals surface area contributed by atoms with E-state index in [0.29, 0.717) is 12.4 Å². The fraction of sp³-hybridized carbons (Fsp3) is 0.171. The van der Waals surface area contributed by atoms with Gasteiger partial charge in [-0.15, -0.1) is 0 Å². The van der Waals surface area contributed by atoms with E-state index in [2.05, 4.69) is 11.6 Å². The van der Waals surface area contributed by atoms with Gasteiger partial charge < -0.3 is 9.21 Å². The molecule has 1 N–H and O–H groups in total. The molecule has 286 valence electrons. The lowest BCUT2D eigenvalue weighted by molar-refractivity contribution is -0.547. The van der Waals surface area contributed by atoms with E-state index in [1.54, 1.807) is 30.3 Å². The number of nitrogens with zero attached hydrogens (tertiary/aromatic N) is 1. The number of aromatic nitrogens is 2. The Morgan fingerprint density at radius 3 is 1.31 bits per heavy atom. The lowest BCUT2D eigenvalue weighted by Crippen LogP contribution is -2.88. The number of aryl methyl sites for hydroxylation is 1. The third kappa shape index (κ3) is 6.51. The molecule has 1 aromatic heterocycles. The smallest absolute Gasteiger partial charge is 0.288 e. The van der Waals surface area contributed by atoms with Crippen molar-refractivity contribution < 1.29 is 75.1 Å². The number of halogens is 15. The van der Waals surface area contributed by atoms with Gasteiger partial charge in [0.15, 0.2) is 52.4 Å². The minimum atomic E-state index is -5.92. The van der Waals surface area contributed by atoms with Crippen LogP contribution in [0.25, 0.3) is 6.08 Å². The molecule has 54 heavy (non-hydrogen) atoms. The number of ether oxygens (including phenoxy) is 1. The van der Waals surface area contributed by atoms with Crippen LogP contribution in [0.15, 0.2) is 43.2 Å². The third-order valence-electron chi connectivity index (χ3n) is 8.89. The minimum absolute atomic E-state index is 0.0712. The Morgan fingerprint density at radius 1 is 0.537 bits per heavy atom. The van der Waals surface area contributed by atoms with Gasteiger partial charge in [-0.05, 0) is 24.0 Å². The van der Waals surface area contributed by atoms with Gasteiger partial charge >= 0.3 is 0 Å². The summed E-state index contributed by atoms with van der Waals surface area (Å²) in [7, 11) is 0. The number of benzene rings is 4. The van der Waals surface area contributed by atoms with Gasteiger partial charge in [-0.25, -0.2) is 65.9 Å². The van der Waals surface area contributed by atoms with Crippen LogP contribution in [-0.2, 0) is 17.8 Å². The van der Waals surface area contributed by atoms with E-state index in [4.69, 9.17) is 4.74 Å². The zero-order chi connectivity index (χ0) is 39.8. The first-order chi connectivity index (χ1) is 25.5. The highest BCUT2D eigenvalue weighted by molar-refractivity contribution is 7.05. The van der Waals surface area contributed by atoms with E-state index in [-0.39, 0.29) is 37.0 Å². The molecule has 0 saturated heterocycles. The summed E-state index contributed by atoms with van der Waals surface area (Å²) >= 11 is 0. The largest absolute Gasteiger partial charge is 0.419 e. The van der Waals surface area contributed by atoms with Gasteiger partial charge in [0.25, 0.3) is 6.28 Å². The molecule has 5 aromatic rings. The maximum absolute atomic E-state index is 15.9. The summed E-state index contributed by atoms with van der Waals surface area (Å²) in [5, 5.41) is 0. The number of hydrogen-bond acceptors (Lipinski definition) is 1. The number of H-pyrrole nitrogens is 1. The highest BCUT2D eigenvalue weighted by Crippen LogP contribution is 2.27. The molecule has 0 bridgehead atoms. The Morgan fingerprint density at radius 2 is 0.926 bits per heavy atom. The fourth-order valence-corrected chi connectivity index (χ4v) is 6.37. The van der Waals surface area contributed by atoms with Gasteiger partial charge in [0.2, 0.25) is 5.82 Å². The van der Waals surface area contributed by atoms with Crippen molar-refractivity contribution in [3.05, 3.63) is 147 Å². The van der Waals surface area contributed by atoms with Crippen molar-refractivity contribution in [2.45, 2.75) is 32.3 Å². The van der Waals surface area contributed by atoms with E-state index in [9.17, 15) is 39.5 Å². The van der Waals surface area contributed by atoms with Crippen LogP contribution in [0.3, 0.4) is 0 Å².